The monoisotopic (exact) mass is 464 g/mol. The fourth-order valence-electron chi connectivity index (χ4n) is 3.26. The summed E-state index contributed by atoms with van der Waals surface area (Å²) in [5.74, 6) is -0.00588. The van der Waals surface area contributed by atoms with E-state index in [1.54, 1.807) is 4.57 Å². The zero-order valence-corrected chi connectivity index (χ0v) is 19.8. The number of thiophene rings is 1. The van der Waals surface area contributed by atoms with Crippen LogP contribution in [0.4, 0.5) is 11.4 Å². The summed E-state index contributed by atoms with van der Waals surface area (Å²) in [6.07, 6.45) is 0.850. The molecule has 0 aliphatic rings. The Morgan fingerprint density at radius 1 is 1.12 bits per heavy atom. The molecule has 8 heteroatoms. The highest BCUT2D eigenvalue weighted by Gasteiger charge is 2.17. The van der Waals surface area contributed by atoms with E-state index in [2.05, 4.69) is 12.2 Å². The lowest BCUT2D eigenvalue weighted by Gasteiger charge is -2.13. The number of carbonyl (C=O) groups excluding carboxylic acids is 1. The average Bonchev–Trinajstić information content (AvgIpc) is 3.22. The zero-order chi connectivity index (χ0) is 22.7. The van der Waals surface area contributed by atoms with Crippen molar-refractivity contribution in [2.75, 3.05) is 30.1 Å². The first-order chi connectivity index (χ1) is 15.5. The van der Waals surface area contributed by atoms with Gasteiger partial charge in [-0.1, -0.05) is 36.9 Å². The lowest BCUT2D eigenvalue weighted by atomic mass is 10.2. The summed E-state index contributed by atoms with van der Waals surface area (Å²) in [5, 5.41) is 4.04. The van der Waals surface area contributed by atoms with Crippen molar-refractivity contribution in [1.82, 2.24) is 9.55 Å². The van der Waals surface area contributed by atoms with E-state index >= 15 is 0 Å². The van der Waals surface area contributed by atoms with Crippen LogP contribution >= 0.6 is 23.1 Å². The van der Waals surface area contributed by atoms with Gasteiger partial charge in [0.25, 0.3) is 5.56 Å². The fraction of sp³-hybridized carbons (Fsp3) is 0.208. The number of hydrogen-bond acceptors (Lipinski definition) is 6. The predicted octanol–water partition coefficient (Wildman–Crippen LogP) is 4.81. The van der Waals surface area contributed by atoms with Gasteiger partial charge in [0.1, 0.15) is 4.83 Å². The normalized spacial score (nSPS) is 11.0. The van der Waals surface area contributed by atoms with Gasteiger partial charge in [-0.05, 0) is 48.9 Å². The quantitative estimate of drug-likeness (QED) is 0.314. The van der Waals surface area contributed by atoms with Crippen LogP contribution in [-0.4, -0.2) is 35.3 Å². The van der Waals surface area contributed by atoms with E-state index in [1.165, 1.54) is 23.1 Å². The van der Waals surface area contributed by atoms with Crippen molar-refractivity contribution >= 4 is 50.6 Å². The number of anilines is 2. The van der Waals surface area contributed by atoms with Crippen LogP contribution in [0.15, 0.2) is 70.6 Å². The summed E-state index contributed by atoms with van der Waals surface area (Å²) >= 11 is 2.79. The molecule has 2 aromatic heterocycles. The molecule has 4 rings (SSSR count). The second-order valence-electron chi connectivity index (χ2n) is 7.43. The van der Waals surface area contributed by atoms with Gasteiger partial charge in [0, 0.05) is 30.3 Å². The molecular formula is C24H24N4O2S2. The number of aryl methyl sites for hydroxylation is 1. The molecule has 2 aromatic carbocycles. The molecule has 0 spiro atoms. The molecule has 0 bridgehead atoms. The molecular weight excluding hydrogens is 440 g/mol. The molecule has 0 atom stereocenters. The highest BCUT2D eigenvalue weighted by Crippen LogP contribution is 2.27. The van der Waals surface area contributed by atoms with E-state index in [-0.39, 0.29) is 17.2 Å². The number of rotatable bonds is 7. The predicted molar refractivity (Wildman–Crippen MR) is 135 cm³/mol. The number of hydrogen-bond donors (Lipinski definition) is 1. The van der Waals surface area contributed by atoms with Gasteiger partial charge < -0.3 is 10.2 Å². The van der Waals surface area contributed by atoms with Crippen LogP contribution in [0.3, 0.4) is 0 Å². The van der Waals surface area contributed by atoms with E-state index in [0.29, 0.717) is 15.4 Å². The summed E-state index contributed by atoms with van der Waals surface area (Å²) in [4.78, 5) is 34.5. The second kappa shape index (κ2) is 9.58. The standard InChI is InChI=1S/C24H24N4O2S2/c1-4-19-14-20-22(32-19)26-24(28(23(20)30)18-8-6-5-7-9-18)31-15-21(29)25-16-10-12-17(13-11-16)27(2)3/h5-14H,4,15H2,1-3H3,(H,25,29). The minimum Gasteiger partial charge on any atom is -0.378 e. The largest absolute Gasteiger partial charge is 0.378 e. The third-order valence-corrected chi connectivity index (χ3v) is 7.06. The molecule has 164 valence electrons. The topological polar surface area (TPSA) is 67.2 Å². The molecule has 0 radical (unpaired) electrons. The summed E-state index contributed by atoms with van der Waals surface area (Å²) in [6.45, 7) is 2.06. The maximum atomic E-state index is 13.3. The number of para-hydroxylation sites is 1. The lowest BCUT2D eigenvalue weighted by Crippen LogP contribution is -2.22. The summed E-state index contributed by atoms with van der Waals surface area (Å²) in [7, 11) is 3.94. The number of amides is 1. The lowest BCUT2D eigenvalue weighted by molar-refractivity contribution is -0.113. The number of aromatic nitrogens is 2. The van der Waals surface area contributed by atoms with Crippen molar-refractivity contribution in [2.45, 2.75) is 18.5 Å². The first kappa shape index (κ1) is 22.1. The Hall–Kier alpha value is -3.10. The highest BCUT2D eigenvalue weighted by molar-refractivity contribution is 7.99. The maximum Gasteiger partial charge on any atom is 0.267 e. The van der Waals surface area contributed by atoms with Crippen molar-refractivity contribution in [1.29, 1.82) is 0 Å². The third kappa shape index (κ3) is 4.71. The van der Waals surface area contributed by atoms with Crippen LogP contribution in [0.1, 0.15) is 11.8 Å². The number of benzene rings is 2. The molecule has 0 unspecified atom stereocenters. The van der Waals surface area contributed by atoms with Crippen molar-refractivity contribution < 1.29 is 4.79 Å². The molecule has 0 aliphatic carbocycles. The van der Waals surface area contributed by atoms with Gasteiger partial charge in [0.05, 0.1) is 16.8 Å². The number of nitrogens with one attached hydrogen (secondary N) is 1. The van der Waals surface area contributed by atoms with Crippen LogP contribution in [0, 0.1) is 0 Å². The van der Waals surface area contributed by atoms with Crippen molar-refractivity contribution in [2.24, 2.45) is 0 Å². The minimum absolute atomic E-state index is 0.112. The SMILES string of the molecule is CCc1cc2c(=O)n(-c3ccccc3)c(SCC(=O)Nc3ccc(N(C)C)cc3)nc2s1. The van der Waals surface area contributed by atoms with Crippen molar-refractivity contribution in [3.8, 4) is 5.69 Å². The van der Waals surface area contributed by atoms with Gasteiger partial charge in [-0.25, -0.2) is 4.98 Å². The number of thioether (sulfide) groups is 1. The molecule has 0 fully saturated rings. The number of nitrogens with zero attached hydrogens (tertiary/aromatic N) is 3. The number of carbonyl (C=O) groups is 1. The summed E-state index contributed by atoms with van der Waals surface area (Å²) < 4.78 is 1.60. The smallest absolute Gasteiger partial charge is 0.267 e. The maximum absolute atomic E-state index is 13.3. The highest BCUT2D eigenvalue weighted by atomic mass is 32.2. The van der Waals surface area contributed by atoms with Gasteiger partial charge >= 0.3 is 0 Å². The summed E-state index contributed by atoms with van der Waals surface area (Å²) in [5.41, 5.74) is 2.41. The molecule has 0 saturated carbocycles. The minimum atomic E-state index is -0.151. The van der Waals surface area contributed by atoms with Crippen LogP contribution in [0.5, 0.6) is 0 Å². The molecule has 0 saturated heterocycles. The number of fused-ring (bicyclic) bond motifs is 1. The Balaban J connectivity index is 1.60. The van der Waals surface area contributed by atoms with Gasteiger partial charge in [-0.3, -0.25) is 14.2 Å². The average molecular weight is 465 g/mol. The van der Waals surface area contributed by atoms with Gasteiger partial charge in [-0.15, -0.1) is 11.3 Å². The van der Waals surface area contributed by atoms with Crippen LogP contribution in [0.2, 0.25) is 0 Å². The van der Waals surface area contributed by atoms with Gasteiger partial charge in [0.2, 0.25) is 5.91 Å². The summed E-state index contributed by atoms with van der Waals surface area (Å²) in [6, 6.07) is 19.0. The Bertz CT molecular complexity index is 1300. The fourth-order valence-corrected chi connectivity index (χ4v) is 5.08. The Labute approximate surface area is 194 Å². The van der Waals surface area contributed by atoms with Crippen molar-refractivity contribution in [3.63, 3.8) is 0 Å². The third-order valence-electron chi connectivity index (χ3n) is 4.95. The van der Waals surface area contributed by atoms with Gasteiger partial charge in [-0.2, -0.15) is 0 Å². The van der Waals surface area contributed by atoms with Crippen molar-refractivity contribution in [3.05, 3.63) is 75.9 Å². The Kier molecular flexibility index (Phi) is 6.62. The molecule has 32 heavy (non-hydrogen) atoms. The molecule has 1 N–H and O–H groups in total. The molecule has 0 aliphatic heterocycles. The van der Waals surface area contributed by atoms with E-state index < -0.39 is 0 Å². The Morgan fingerprint density at radius 3 is 2.50 bits per heavy atom. The van der Waals surface area contributed by atoms with Crippen LogP contribution in [-0.2, 0) is 11.2 Å². The molecule has 2 heterocycles. The van der Waals surface area contributed by atoms with E-state index in [4.69, 9.17) is 4.98 Å². The van der Waals surface area contributed by atoms with E-state index in [1.807, 2.05) is 79.7 Å². The first-order valence-electron chi connectivity index (χ1n) is 10.3. The zero-order valence-electron chi connectivity index (χ0n) is 18.2. The first-order valence-corrected chi connectivity index (χ1v) is 12.1. The van der Waals surface area contributed by atoms with Gasteiger partial charge in [0.15, 0.2) is 5.16 Å². The second-order valence-corrected chi connectivity index (χ2v) is 9.49. The molecule has 1 amide bonds. The molecule has 4 aromatic rings. The van der Waals surface area contributed by atoms with Crippen LogP contribution < -0.4 is 15.8 Å². The van der Waals surface area contributed by atoms with E-state index in [0.717, 1.165) is 28.4 Å². The van der Waals surface area contributed by atoms with Crippen LogP contribution in [0.25, 0.3) is 15.9 Å². The Morgan fingerprint density at radius 2 is 1.84 bits per heavy atom. The molecule has 6 nitrogen and oxygen atoms in total. The van der Waals surface area contributed by atoms with E-state index in [9.17, 15) is 9.59 Å².